The van der Waals surface area contributed by atoms with E-state index in [1.54, 1.807) is 11.3 Å². The Morgan fingerprint density at radius 2 is 2.28 bits per heavy atom. The van der Waals surface area contributed by atoms with Crippen molar-refractivity contribution in [2.75, 3.05) is 11.9 Å². The quantitative estimate of drug-likeness (QED) is 0.872. The molecule has 0 aliphatic rings. The van der Waals surface area contributed by atoms with Gasteiger partial charge in [-0.05, 0) is 12.8 Å². The standard InChI is InChI=1S/C13H20N4S/c1-10(2)8-17-7-6-15-13(17)14-5-4-12-16-11(3)9-18-12/h6-7,9-10H,4-5,8H2,1-3H3,(H,14,15). The van der Waals surface area contributed by atoms with E-state index in [1.807, 2.05) is 19.3 Å². The van der Waals surface area contributed by atoms with Gasteiger partial charge in [-0.3, -0.25) is 0 Å². The number of thiazole rings is 1. The number of nitrogens with one attached hydrogen (secondary N) is 1. The number of aryl methyl sites for hydroxylation is 1. The third kappa shape index (κ3) is 3.57. The van der Waals surface area contributed by atoms with E-state index in [9.17, 15) is 0 Å². The monoisotopic (exact) mass is 264 g/mol. The van der Waals surface area contributed by atoms with Crippen molar-refractivity contribution in [3.05, 3.63) is 28.5 Å². The topological polar surface area (TPSA) is 42.7 Å². The molecule has 0 amide bonds. The van der Waals surface area contributed by atoms with Crippen molar-refractivity contribution in [2.45, 2.75) is 33.7 Å². The van der Waals surface area contributed by atoms with Gasteiger partial charge in [-0.25, -0.2) is 9.97 Å². The molecule has 18 heavy (non-hydrogen) atoms. The van der Waals surface area contributed by atoms with Gasteiger partial charge in [-0.15, -0.1) is 11.3 Å². The van der Waals surface area contributed by atoms with Gasteiger partial charge in [0.05, 0.1) is 5.01 Å². The molecule has 0 aliphatic heterocycles. The zero-order valence-electron chi connectivity index (χ0n) is 11.2. The highest BCUT2D eigenvalue weighted by Crippen LogP contribution is 2.11. The Kier molecular flexibility index (Phi) is 4.36. The lowest BCUT2D eigenvalue weighted by molar-refractivity contribution is 0.526. The molecule has 5 heteroatoms. The Morgan fingerprint density at radius 1 is 1.44 bits per heavy atom. The first-order valence-corrected chi connectivity index (χ1v) is 7.19. The fraction of sp³-hybridized carbons (Fsp3) is 0.538. The number of hydrogen-bond acceptors (Lipinski definition) is 4. The van der Waals surface area contributed by atoms with Crippen molar-refractivity contribution < 1.29 is 0 Å². The summed E-state index contributed by atoms with van der Waals surface area (Å²) in [6.07, 6.45) is 4.82. The summed E-state index contributed by atoms with van der Waals surface area (Å²) in [6, 6.07) is 0. The zero-order chi connectivity index (χ0) is 13.0. The Morgan fingerprint density at radius 3 is 2.94 bits per heavy atom. The maximum atomic E-state index is 4.45. The fourth-order valence-electron chi connectivity index (χ4n) is 1.82. The number of anilines is 1. The van der Waals surface area contributed by atoms with Gasteiger partial charge in [0.1, 0.15) is 0 Å². The van der Waals surface area contributed by atoms with Crippen LogP contribution in [0.1, 0.15) is 24.5 Å². The van der Waals surface area contributed by atoms with Crippen LogP contribution in [0.25, 0.3) is 0 Å². The molecular weight excluding hydrogens is 244 g/mol. The third-order valence-corrected chi connectivity index (χ3v) is 3.59. The van der Waals surface area contributed by atoms with E-state index < -0.39 is 0 Å². The summed E-state index contributed by atoms with van der Waals surface area (Å²) >= 11 is 1.72. The highest BCUT2D eigenvalue weighted by Gasteiger charge is 2.04. The van der Waals surface area contributed by atoms with Crippen molar-refractivity contribution >= 4 is 17.3 Å². The molecule has 2 heterocycles. The van der Waals surface area contributed by atoms with Crippen LogP contribution in [0.15, 0.2) is 17.8 Å². The third-order valence-electron chi connectivity index (χ3n) is 2.57. The van der Waals surface area contributed by atoms with Gasteiger partial charge in [-0.1, -0.05) is 13.8 Å². The van der Waals surface area contributed by atoms with Crippen LogP contribution < -0.4 is 5.32 Å². The first-order valence-electron chi connectivity index (χ1n) is 6.31. The number of rotatable bonds is 6. The van der Waals surface area contributed by atoms with Crippen molar-refractivity contribution in [3.63, 3.8) is 0 Å². The van der Waals surface area contributed by atoms with E-state index in [4.69, 9.17) is 0 Å². The average Bonchev–Trinajstić information content (AvgIpc) is 2.88. The highest BCUT2D eigenvalue weighted by atomic mass is 32.1. The Hall–Kier alpha value is -1.36. The molecule has 2 aromatic heterocycles. The normalized spacial score (nSPS) is 11.1. The highest BCUT2D eigenvalue weighted by molar-refractivity contribution is 7.09. The molecule has 0 bridgehead atoms. The van der Waals surface area contributed by atoms with Crippen LogP contribution in [-0.4, -0.2) is 21.1 Å². The molecule has 0 fully saturated rings. The minimum Gasteiger partial charge on any atom is -0.355 e. The molecule has 4 nitrogen and oxygen atoms in total. The van der Waals surface area contributed by atoms with Crippen molar-refractivity contribution in [3.8, 4) is 0 Å². The molecule has 0 spiro atoms. The summed E-state index contributed by atoms with van der Waals surface area (Å²) in [6.45, 7) is 8.33. The lowest BCUT2D eigenvalue weighted by Gasteiger charge is -2.11. The van der Waals surface area contributed by atoms with Gasteiger partial charge in [-0.2, -0.15) is 0 Å². The van der Waals surface area contributed by atoms with Crippen LogP contribution in [0.4, 0.5) is 5.95 Å². The summed E-state index contributed by atoms with van der Waals surface area (Å²) in [5, 5.41) is 6.65. The average molecular weight is 264 g/mol. The number of imidazole rings is 1. The molecule has 2 aromatic rings. The van der Waals surface area contributed by atoms with Crippen molar-refractivity contribution in [1.29, 1.82) is 0 Å². The Bertz CT molecular complexity index is 487. The minimum atomic E-state index is 0.626. The molecule has 2 rings (SSSR count). The van der Waals surface area contributed by atoms with Crippen molar-refractivity contribution in [2.24, 2.45) is 5.92 Å². The zero-order valence-corrected chi connectivity index (χ0v) is 12.0. The molecule has 0 aromatic carbocycles. The molecule has 0 unspecified atom stereocenters. The second kappa shape index (κ2) is 6.00. The van der Waals surface area contributed by atoms with E-state index in [0.717, 1.165) is 31.2 Å². The largest absolute Gasteiger partial charge is 0.355 e. The molecule has 0 radical (unpaired) electrons. The van der Waals surface area contributed by atoms with Crippen LogP contribution in [0.3, 0.4) is 0 Å². The minimum absolute atomic E-state index is 0.626. The van der Waals surface area contributed by atoms with Crippen LogP contribution in [0.5, 0.6) is 0 Å². The van der Waals surface area contributed by atoms with Crippen molar-refractivity contribution in [1.82, 2.24) is 14.5 Å². The van der Waals surface area contributed by atoms with Gasteiger partial charge in [0.2, 0.25) is 5.95 Å². The van der Waals surface area contributed by atoms with E-state index in [-0.39, 0.29) is 0 Å². The molecule has 98 valence electrons. The second-order valence-electron chi connectivity index (χ2n) is 4.86. The lowest BCUT2D eigenvalue weighted by atomic mass is 10.2. The lowest BCUT2D eigenvalue weighted by Crippen LogP contribution is -2.12. The van der Waals surface area contributed by atoms with Gasteiger partial charge in [0.25, 0.3) is 0 Å². The Balaban J connectivity index is 1.84. The van der Waals surface area contributed by atoms with Gasteiger partial charge >= 0.3 is 0 Å². The predicted octanol–water partition coefficient (Wildman–Crippen LogP) is 2.96. The molecular formula is C13H20N4S. The Labute approximate surface area is 112 Å². The summed E-state index contributed by atoms with van der Waals surface area (Å²) in [4.78, 5) is 8.79. The van der Waals surface area contributed by atoms with Gasteiger partial charge in [0, 0.05) is 43.0 Å². The van der Waals surface area contributed by atoms with E-state index in [1.165, 1.54) is 5.01 Å². The van der Waals surface area contributed by atoms with E-state index in [2.05, 4.69) is 39.1 Å². The smallest absolute Gasteiger partial charge is 0.202 e. The molecule has 0 aliphatic carbocycles. The first-order chi connectivity index (χ1) is 8.65. The second-order valence-corrected chi connectivity index (χ2v) is 5.80. The summed E-state index contributed by atoms with van der Waals surface area (Å²) in [5.41, 5.74) is 1.11. The summed E-state index contributed by atoms with van der Waals surface area (Å²) in [5.74, 6) is 1.58. The van der Waals surface area contributed by atoms with Gasteiger partial charge in [0.15, 0.2) is 0 Å². The number of hydrogen-bond donors (Lipinski definition) is 1. The van der Waals surface area contributed by atoms with Crippen LogP contribution in [0, 0.1) is 12.8 Å². The number of aromatic nitrogens is 3. The van der Waals surface area contributed by atoms with E-state index in [0.29, 0.717) is 5.92 Å². The maximum absolute atomic E-state index is 4.45. The fourth-order valence-corrected chi connectivity index (χ4v) is 2.59. The maximum Gasteiger partial charge on any atom is 0.202 e. The molecule has 0 saturated heterocycles. The number of nitrogens with zero attached hydrogens (tertiary/aromatic N) is 3. The molecule has 0 atom stereocenters. The SMILES string of the molecule is Cc1csc(CCNc2nccn2CC(C)C)n1. The summed E-state index contributed by atoms with van der Waals surface area (Å²) < 4.78 is 2.16. The predicted molar refractivity (Wildman–Crippen MR) is 76.1 cm³/mol. The summed E-state index contributed by atoms with van der Waals surface area (Å²) in [7, 11) is 0. The molecule has 1 N–H and O–H groups in total. The van der Waals surface area contributed by atoms with Gasteiger partial charge < -0.3 is 9.88 Å². The van der Waals surface area contributed by atoms with E-state index >= 15 is 0 Å². The molecule has 0 saturated carbocycles. The van der Waals surface area contributed by atoms with Crippen LogP contribution in [0.2, 0.25) is 0 Å². The first kappa shape index (κ1) is 13.1. The van der Waals surface area contributed by atoms with Crippen LogP contribution in [-0.2, 0) is 13.0 Å². The van der Waals surface area contributed by atoms with Crippen LogP contribution >= 0.6 is 11.3 Å².